The van der Waals surface area contributed by atoms with Crippen LogP contribution in [-0.2, 0) is 6.42 Å². The number of nitrogens with one attached hydrogen (secondary N) is 1. The highest BCUT2D eigenvalue weighted by Crippen LogP contribution is 2.37. The Morgan fingerprint density at radius 1 is 1.12 bits per heavy atom. The predicted molar refractivity (Wildman–Crippen MR) is 109 cm³/mol. The molecular weight excluding hydrogens is 437 g/mol. The van der Waals surface area contributed by atoms with Crippen molar-refractivity contribution in [1.29, 1.82) is 0 Å². The number of pyridine rings is 2. The Kier molecular flexibility index (Phi) is 4.38. The zero-order chi connectivity index (χ0) is 22.5. The Labute approximate surface area is 183 Å². The standard InChI is InChI=1S/C21H15F3N8O/c22-16-6-2-4-13(27-16)20-28-29-21(33-20)31-8-7-12-17(26-10-25-12)18(31)14-9-11-3-1-5-15(19(23)24)32(11)30-14/h1-6,9-10,18-19H,7-8H2,(H,25,26)/t18-/m0/s1. The fourth-order valence-corrected chi connectivity index (χ4v) is 4.10. The second-order valence-electron chi connectivity index (χ2n) is 7.50. The first-order valence-electron chi connectivity index (χ1n) is 10.1. The van der Waals surface area contributed by atoms with Crippen LogP contribution in [0.3, 0.4) is 0 Å². The van der Waals surface area contributed by atoms with Gasteiger partial charge in [0.25, 0.3) is 12.3 Å². The number of H-pyrrole nitrogens is 1. The maximum absolute atomic E-state index is 13.5. The molecule has 5 aromatic heterocycles. The lowest BCUT2D eigenvalue weighted by Gasteiger charge is -2.32. The van der Waals surface area contributed by atoms with E-state index in [-0.39, 0.29) is 23.3 Å². The van der Waals surface area contributed by atoms with E-state index in [9.17, 15) is 13.2 Å². The number of rotatable bonds is 4. The summed E-state index contributed by atoms with van der Waals surface area (Å²) in [6.45, 7) is 0.480. The lowest BCUT2D eigenvalue weighted by molar-refractivity contribution is 0.143. The zero-order valence-corrected chi connectivity index (χ0v) is 16.9. The van der Waals surface area contributed by atoms with Gasteiger partial charge in [0.05, 0.1) is 23.2 Å². The molecule has 1 atom stereocenters. The van der Waals surface area contributed by atoms with Crippen LogP contribution in [-0.4, -0.2) is 41.3 Å². The van der Waals surface area contributed by atoms with Gasteiger partial charge in [0.15, 0.2) is 0 Å². The molecule has 0 bridgehead atoms. The summed E-state index contributed by atoms with van der Waals surface area (Å²) < 4.78 is 47.6. The van der Waals surface area contributed by atoms with E-state index in [2.05, 4.69) is 30.2 Å². The summed E-state index contributed by atoms with van der Waals surface area (Å²) in [6, 6.07) is 10.2. The monoisotopic (exact) mass is 452 g/mol. The first-order valence-corrected chi connectivity index (χ1v) is 10.1. The summed E-state index contributed by atoms with van der Waals surface area (Å²) in [5.74, 6) is -0.602. The van der Waals surface area contributed by atoms with Crippen molar-refractivity contribution >= 4 is 11.5 Å². The van der Waals surface area contributed by atoms with E-state index < -0.39 is 18.4 Å². The van der Waals surface area contributed by atoms with Gasteiger partial charge >= 0.3 is 6.01 Å². The van der Waals surface area contributed by atoms with Gasteiger partial charge in [-0.3, -0.25) is 0 Å². The van der Waals surface area contributed by atoms with Crippen LogP contribution in [0.1, 0.15) is 35.2 Å². The summed E-state index contributed by atoms with van der Waals surface area (Å²) in [7, 11) is 0. The largest absolute Gasteiger partial charge is 0.402 e. The lowest BCUT2D eigenvalue weighted by Crippen LogP contribution is -2.37. The summed E-state index contributed by atoms with van der Waals surface area (Å²) in [5.41, 5.74) is 2.62. The number of halogens is 3. The minimum Gasteiger partial charge on any atom is -0.402 e. The van der Waals surface area contributed by atoms with Crippen LogP contribution in [0.5, 0.6) is 0 Å². The summed E-state index contributed by atoms with van der Waals surface area (Å²) in [6.07, 6.45) is -0.475. The molecule has 0 aromatic carbocycles. The molecule has 1 aliphatic rings. The molecule has 0 aliphatic carbocycles. The first kappa shape index (κ1) is 19.5. The molecular formula is C21H15F3N8O. The molecule has 0 spiro atoms. The molecule has 0 fully saturated rings. The van der Waals surface area contributed by atoms with Crippen LogP contribution in [0.25, 0.3) is 17.1 Å². The number of hydrogen-bond donors (Lipinski definition) is 1. The average molecular weight is 452 g/mol. The molecule has 0 amide bonds. The molecule has 0 unspecified atom stereocenters. The van der Waals surface area contributed by atoms with Crippen molar-refractivity contribution in [2.24, 2.45) is 0 Å². The van der Waals surface area contributed by atoms with Crippen molar-refractivity contribution in [2.45, 2.75) is 18.9 Å². The van der Waals surface area contributed by atoms with E-state index in [0.717, 1.165) is 5.69 Å². The smallest absolute Gasteiger partial charge is 0.319 e. The van der Waals surface area contributed by atoms with Gasteiger partial charge in [-0.2, -0.15) is 9.49 Å². The van der Waals surface area contributed by atoms with Gasteiger partial charge in [0, 0.05) is 18.7 Å². The number of aromatic nitrogens is 7. The van der Waals surface area contributed by atoms with Gasteiger partial charge in [-0.1, -0.05) is 17.2 Å². The summed E-state index contributed by atoms with van der Waals surface area (Å²) in [4.78, 5) is 13.2. The number of nitrogens with zero attached hydrogens (tertiary/aromatic N) is 7. The van der Waals surface area contributed by atoms with Crippen molar-refractivity contribution in [3.05, 3.63) is 77.5 Å². The Hall–Kier alpha value is -4.22. The van der Waals surface area contributed by atoms with Crippen molar-refractivity contribution in [3.8, 4) is 11.6 Å². The van der Waals surface area contributed by atoms with Crippen LogP contribution < -0.4 is 4.90 Å². The first-order chi connectivity index (χ1) is 16.1. The molecule has 166 valence electrons. The molecule has 0 saturated carbocycles. The Balaban J connectivity index is 1.45. The molecule has 5 aromatic rings. The third-order valence-corrected chi connectivity index (χ3v) is 5.56. The molecule has 6 heterocycles. The number of anilines is 1. The molecule has 12 heteroatoms. The molecule has 0 saturated heterocycles. The summed E-state index contributed by atoms with van der Waals surface area (Å²) in [5, 5.41) is 12.6. The number of fused-ring (bicyclic) bond motifs is 2. The Morgan fingerprint density at radius 2 is 2.00 bits per heavy atom. The number of imidazole rings is 1. The van der Waals surface area contributed by atoms with E-state index in [1.807, 2.05) is 4.90 Å². The molecule has 1 aliphatic heterocycles. The van der Waals surface area contributed by atoms with Gasteiger partial charge < -0.3 is 14.3 Å². The molecule has 1 N–H and O–H groups in total. The van der Waals surface area contributed by atoms with Gasteiger partial charge in [-0.25, -0.2) is 23.3 Å². The topological polar surface area (TPSA) is 101 Å². The second-order valence-corrected chi connectivity index (χ2v) is 7.50. The highest BCUT2D eigenvalue weighted by molar-refractivity contribution is 5.54. The van der Waals surface area contributed by atoms with Crippen molar-refractivity contribution < 1.29 is 17.6 Å². The van der Waals surface area contributed by atoms with Crippen LogP contribution in [0, 0.1) is 5.95 Å². The lowest BCUT2D eigenvalue weighted by atomic mass is 10.0. The van der Waals surface area contributed by atoms with E-state index in [1.54, 1.807) is 30.6 Å². The maximum atomic E-state index is 13.5. The van der Waals surface area contributed by atoms with E-state index in [0.29, 0.717) is 29.9 Å². The third-order valence-electron chi connectivity index (χ3n) is 5.56. The second kappa shape index (κ2) is 7.43. The van der Waals surface area contributed by atoms with E-state index in [1.165, 1.54) is 22.7 Å². The molecule has 33 heavy (non-hydrogen) atoms. The van der Waals surface area contributed by atoms with Gasteiger partial charge in [-0.15, -0.1) is 5.10 Å². The quantitative estimate of drug-likeness (QED) is 0.415. The Bertz CT molecular complexity index is 1460. The molecule has 9 nitrogen and oxygen atoms in total. The van der Waals surface area contributed by atoms with Crippen LogP contribution >= 0.6 is 0 Å². The Morgan fingerprint density at radius 3 is 2.85 bits per heavy atom. The minimum atomic E-state index is -2.68. The van der Waals surface area contributed by atoms with E-state index in [4.69, 9.17) is 4.42 Å². The highest BCUT2D eigenvalue weighted by Gasteiger charge is 2.36. The highest BCUT2D eigenvalue weighted by atomic mass is 19.3. The molecule has 0 radical (unpaired) electrons. The average Bonchev–Trinajstić information content (AvgIpc) is 3.56. The third kappa shape index (κ3) is 3.22. The predicted octanol–water partition coefficient (Wildman–Crippen LogP) is 3.73. The zero-order valence-electron chi connectivity index (χ0n) is 16.9. The fourth-order valence-electron chi connectivity index (χ4n) is 4.10. The van der Waals surface area contributed by atoms with Gasteiger partial charge in [-0.05, 0) is 30.3 Å². The fraction of sp³-hybridized carbons (Fsp3) is 0.190. The summed E-state index contributed by atoms with van der Waals surface area (Å²) >= 11 is 0. The number of alkyl halides is 2. The number of aromatic amines is 1. The maximum Gasteiger partial charge on any atom is 0.319 e. The van der Waals surface area contributed by atoms with Crippen LogP contribution in [0.2, 0.25) is 0 Å². The molecule has 6 rings (SSSR count). The van der Waals surface area contributed by atoms with Crippen molar-refractivity contribution in [3.63, 3.8) is 0 Å². The number of hydrogen-bond acceptors (Lipinski definition) is 7. The van der Waals surface area contributed by atoms with Crippen molar-refractivity contribution in [2.75, 3.05) is 11.4 Å². The van der Waals surface area contributed by atoms with Crippen LogP contribution in [0.15, 0.2) is 53.2 Å². The SMILES string of the molecule is Fc1cccc(-c2nnc(N3CCc4[nH]cnc4[C@@H]3c3cc4cccc(C(F)F)n4n3)o2)n1. The minimum absolute atomic E-state index is 0.0612. The van der Waals surface area contributed by atoms with Gasteiger partial charge in [0.2, 0.25) is 5.95 Å². The van der Waals surface area contributed by atoms with E-state index >= 15 is 0 Å². The van der Waals surface area contributed by atoms with Crippen LogP contribution in [0.4, 0.5) is 19.2 Å². The van der Waals surface area contributed by atoms with Gasteiger partial charge in [0.1, 0.15) is 17.4 Å². The van der Waals surface area contributed by atoms with Crippen molar-refractivity contribution in [1.82, 2.24) is 34.8 Å². The normalized spacial score (nSPS) is 16.0.